The lowest BCUT2D eigenvalue weighted by Crippen LogP contribution is -2.53. The molecule has 3 fully saturated rings. The summed E-state index contributed by atoms with van der Waals surface area (Å²) in [6.45, 7) is 5.29. The third kappa shape index (κ3) is 5.75. The Labute approximate surface area is 196 Å². The maximum Gasteiger partial charge on any atom is 0.410 e. The molecule has 0 aromatic heterocycles. The van der Waals surface area contributed by atoms with E-state index < -0.39 is 10.1 Å². The first kappa shape index (κ1) is 23.7. The van der Waals surface area contributed by atoms with Gasteiger partial charge in [-0.25, -0.2) is 4.79 Å². The third-order valence-electron chi connectivity index (χ3n) is 6.85. The summed E-state index contributed by atoms with van der Waals surface area (Å²) >= 11 is 0. The lowest BCUT2D eigenvalue weighted by Gasteiger charge is -2.45. The molecule has 2 atom stereocenters. The smallest absolute Gasteiger partial charge is 0.410 e. The van der Waals surface area contributed by atoms with Crippen LogP contribution in [0.1, 0.15) is 42.5 Å². The number of nitrogens with zero attached hydrogens (tertiary/aromatic N) is 2. The van der Waals surface area contributed by atoms with Crippen molar-refractivity contribution in [2.75, 3.05) is 31.9 Å². The number of rotatable bonds is 3. The van der Waals surface area contributed by atoms with Gasteiger partial charge in [0.25, 0.3) is 10.1 Å². The zero-order valence-electron chi connectivity index (χ0n) is 19.0. The van der Waals surface area contributed by atoms with E-state index in [1.54, 1.807) is 0 Å². The topological polar surface area (TPSA) is 87.1 Å². The van der Waals surface area contributed by atoms with Crippen LogP contribution in [0.5, 0.6) is 0 Å². The van der Waals surface area contributed by atoms with Crippen molar-refractivity contribution in [2.45, 2.75) is 38.3 Å². The van der Waals surface area contributed by atoms with E-state index in [2.05, 4.69) is 41.3 Å². The molecule has 33 heavy (non-hydrogen) atoms. The van der Waals surface area contributed by atoms with Crippen LogP contribution in [0.25, 0.3) is 0 Å². The monoisotopic (exact) mass is 472 g/mol. The molecule has 4 heterocycles. The number of hydrogen-bond acceptors (Lipinski definition) is 5. The van der Waals surface area contributed by atoms with Crippen molar-refractivity contribution >= 4 is 16.2 Å². The molecular formula is C25H32N2O5S. The molecule has 0 radical (unpaired) electrons. The van der Waals surface area contributed by atoms with Crippen LogP contribution >= 0.6 is 0 Å². The fraction of sp³-hybridized carbons (Fsp3) is 0.480. The summed E-state index contributed by atoms with van der Waals surface area (Å²) in [5.41, 5.74) is 3.70. The fourth-order valence-corrected chi connectivity index (χ4v) is 5.00. The predicted molar refractivity (Wildman–Crippen MR) is 127 cm³/mol. The number of carbonyl (C=O) groups is 1. The molecule has 4 aliphatic heterocycles. The quantitative estimate of drug-likeness (QED) is 0.685. The number of piperidine rings is 3. The second kappa shape index (κ2) is 10.2. The van der Waals surface area contributed by atoms with Crippen molar-refractivity contribution in [3.05, 3.63) is 71.3 Å². The lowest BCUT2D eigenvalue weighted by molar-refractivity contribution is -0.0462. The molecule has 1 amide bonds. The zero-order valence-corrected chi connectivity index (χ0v) is 19.8. The molecule has 8 heteroatoms. The molecule has 0 saturated carbocycles. The summed E-state index contributed by atoms with van der Waals surface area (Å²) in [4.78, 5) is 17.6. The summed E-state index contributed by atoms with van der Waals surface area (Å²) in [5, 5.41) is 0. The molecule has 4 aliphatic rings. The Bertz CT molecular complexity index is 1050. The molecular weight excluding hydrogens is 440 g/mol. The second-order valence-corrected chi connectivity index (χ2v) is 10.6. The molecule has 0 spiro atoms. The van der Waals surface area contributed by atoms with Gasteiger partial charge >= 0.3 is 6.09 Å². The highest BCUT2D eigenvalue weighted by atomic mass is 32.2. The third-order valence-corrected chi connectivity index (χ3v) is 7.58. The van der Waals surface area contributed by atoms with Crippen LogP contribution < -0.4 is 0 Å². The summed E-state index contributed by atoms with van der Waals surface area (Å²) in [5.74, 6) is 0.332. The van der Waals surface area contributed by atoms with Crippen molar-refractivity contribution in [1.82, 2.24) is 9.80 Å². The first-order valence-corrected chi connectivity index (χ1v) is 13.2. The van der Waals surface area contributed by atoms with Crippen LogP contribution in [0.3, 0.4) is 0 Å². The van der Waals surface area contributed by atoms with Crippen molar-refractivity contribution in [3.63, 3.8) is 0 Å². The first-order chi connectivity index (χ1) is 15.9. The Morgan fingerprint density at radius 1 is 1.03 bits per heavy atom. The number of amides is 1. The van der Waals surface area contributed by atoms with Gasteiger partial charge in [-0.1, -0.05) is 54.6 Å². The van der Waals surface area contributed by atoms with Gasteiger partial charge in [-0.05, 0) is 61.9 Å². The Hall–Kier alpha value is -2.42. The van der Waals surface area contributed by atoms with Crippen LogP contribution in [-0.4, -0.2) is 66.9 Å². The molecule has 0 aliphatic carbocycles. The average molecular weight is 473 g/mol. The minimum Gasteiger partial charge on any atom is -0.444 e. The van der Waals surface area contributed by atoms with Crippen molar-refractivity contribution in [1.29, 1.82) is 0 Å². The van der Waals surface area contributed by atoms with Gasteiger partial charge in [0.05, 0.1) is 11.8 Å². The van der Waals surface area contributed by atoms with Crippen LogP contribution in [0, 0.1) is 5.92 Å². The Kier molecular flexibility index (Phi) is 7.36. The Balaban J connectivity index is 0.000000385. The van der Waals surface area contributed by atoms with Crippen LogP contribution in [-0.2, 0) is 21.3 Å². The Morgan fingerprint density at radius 2 is 1.67 bits per heavy atom. The van der Waals surface area contributed by atoms with E-state index in [1.807, 2.05) is 23.1 Å². The number of fused-ring (bicyclic) bond motifs is 4. The predicted octanol–water partition coefficient (Wildman–Crippen LogP) is 3.76. The molecule has 7 nitrogen and oxygen atoms in total. The van der Waals surface area contributed by atoms with E-state index >= 15 is 0 Å². The molecule has 178 valence electrons. The van der Waals surface area contributed by atoms with E-state index in [4.69, 9.17) is 9.29 Å². The molecule has 1 N–H and O–H groups in total. The van der Waals surface area contributed by atoms with Crippen LogP contribution in [0.2, 0.25) is 0 Å². The number of benzene rings is 2. The minimum absolute atomic E-state index is 0.0496. The van der Waals surface area contributed by atoms with Gasteiger partial charge in [0.15, 0.2) is 0 Å². The Morgan fingerprint density at radius 3 is 2.27 bits per heavy atom. The van der Waals surface area contributed by atoms with Gasteiger partial charge < -0.3 is 4.74 Å². The van der Waals surface area contributed by atoms with E-state index in [0.717, 1.165) is 44.5 Å². The van der Waals surface area contributed by atoms with E-state index in [9.17, 15) is 13.2 Å². The van der Waals surface area contributed by atoms with Crippen molar-refractivity contribution in [2.24, 2.45) is 5.92 Å². The molecule has 2 aromatic rings. The molecule has 3 saturated heterocycles. The van der Waals surface area contributed by atoms with Crippen molar-refractivity contribution in [3.8, 4) is 0 Å². The molecule has 2 aromatic carbocycles. The van der Waals surface area contributed by atoms with Gasteiger partial charge in [0, 0.05) is 13.1 Å². The standard InChI is InChI=1S/C23H26N2O2.C2H6O3S/c26-23(27-21-16-24-13-10-18(21)11-14-24)25-15-12-17-6-4-5-9-20(17)22(25)19-7-2-1-3-8-19;1-2-6(3,4)5/h1-9,18,21-22H,10-16H2;2H2,1H3,(H,3,4,5)/t21-,22-;/m0./s1. The second-order valence-electron chi connectivity index (χ2n) is 8.89. The van der Waals surface area contributed by atoms with E-state index in [-0.39, 0.29) is 24.0 Å². The van der Waals surface area contributed by atoms with Gasteiger partial charge in [-0.15, -0.1) is 0 Å². The van der Waals surface area contributed by atoms with Gasteiger partial charge in [-0.2, -0.15) is 8.42 Å². The van der Waals surface area contributed by atoms with Crippen molar-refractivity contribution < 1.29 is 22.5 Å². The van der Waals surface area contributed by atoms with Crippen LogP contribution in [0.15, 0.2) is 54.6 Å². The minimum atomic E-state index is -3.66. The largest absolute Gasteiger partial charge is 0.444 e. The van der Waals surface area contributed by atoms with Crippen LogP contribution in [0.4, 0.5) is 4.79 Å². The molecule has 2 bridgehead atoms. The summed E-state index contributed by atoms with van der Waals surface area (Å²) in [7, 11) is -3.66. The first-order valence-electron chi connectivity index (χ1n) is 11.6. The fourth-order valence-electron chi connectivity index (χ4n) is 5.00. The summed E-state index contributed by atoms with van der Waals surface area (Å²) in [6.07, 6.45) is 3.09. The molecule has 6 rings (SSSR count). The summed E-state index contributed by atoms with van der Waals surface area (Å²) < 4.78 is 33.0. The normalized spacial score (nSPS) is 26.1. The van der Waals surface area contributed by atoms with E-state index in [0.29, 0.717) is 12.5 Å². The highest BCUT2D eigenvalue weighted by Gasteiger charge is 2.39. The highest BCUT2D eigenvalue weighted by Crippen LogP contribution is 2.36. The maximum atomic E-state index is 13.2. The number of hydrogen-bond donors (Lipinski definition) is 1. The maximum absolute atomic E-state index is 13.2. The van der Waals surface area contributed by atoms with Gasteiger partial charge in [-0.3, -0.25) is 14.4 Å². The van der Waals surface area contributed by atoms with Gasteiger partial charge in [0.2, 0.25) is 0 Å². The number of carbonyl (C=O) groups excluding carboxylic acids is 1. The van der Waals surface area contributed by atoms with E-state index in [1.165, 1.54) is 18.1 Å². The van der Waals surface area contributed by atoms with Gasteiger partial charge in [0.1, 0.15) is 6.10 Å². The highest BCUT2D eigenvalue weighted by molar-refractivity contribution is 7.85. The lowest BCUT2D eigenvalue weighted by atomic mass is 9.86. The average Bonchev–Trinajstić information content (AvgIpc) is 2.84. The summed E-state index contributed by atoms with van der Waals surface area (Å²) in [6, 6.07) is 18.8. The zero-order chi connectivity index (χ0) is 23.4. The number of ether oxygens (including phenoxy) is 1. The SMILES string of the molecule is CCS(=O)(=O)O.O=C(O[C@H]1CN2CCC1CC2)N1CCc2ccccc2[C@@H]1c1ccccc1. The molecule has 0 unspecified atom stereocenters.